The lowest BCUT2D eigenvalue weighted by molar-refractivity contribution is 0.0479. The topological polar surface area (TPSA) is 259 Å². The second kappa shape index (κ2) is 20.8. The molecule has 0 spiro atoms. The van der Waals surface area contributed by atoms with Crippen LogP contribution in [0.25, 0.3) is 11.6 Å². The van der Waals surface area contributed by atoms with Crippen molar-refractivity contribution in [2.24, 2.45) is 0 Å². The quantitative estimate of drug-likeness (QED) is 0.110. The molecule has 0 aliphatic carbocycles. The second-order valence-corrected chi connectivity index (χ2v) is 17.4. The van der Waals surface area contributed by atoms with Crippen LogP contribution in [-0.4, -0.2) is 181 Å². The van der Waals surface area contributed by atoms with Gasteiger partial charge >= 0.3 is 11.9 Å². The molecule has 356 valence electrons. The second-order valence-electron chi connectivity index (χ2n) is 17.4. The number of cyclic esters (lactones) is 2. The van der Waals surface area contributed by atoms with Gasteiger partial charge in [-0.15, -0.1) is 10.2 Å². The number of rotatable bonds is 14. The van der Waals surface area contributed by atoms with Gasteiger partial charge in [0.1, 0.15) is 25.9 Å². The van der Waals surface area contributed by atoms with Gasteiger partial charge in [-0.05, 0) is 81.2 Å². The zero-order valence-corrected chi connectivity index (χ0v) is 37.8. The van der Waals surface area contributed by atoms with Crippen molar-refractivity contribution in [2.45, 2.75) is 51.5 Å². The van der Waals surface area contributed by atoms with Crippen LogP contribution in [0.15, 0.2) is 73.6 Å². The number of carbonyl (C=O) groups excluding carboxylic acids is 2. The minimum Gasteiger partial charge on any atom is -0.457 e. The number of pyridine rings is 2. The third-order valence-electron chi connectivity index (χ3n) is 13.3. The summed E-state index contributed by atoms with van der Waals surface area (Å²) in [6, 6.07) is 14.4. The van der Waals surface area contributed by atoms with E-state index in [4.69, 9.17) is 9.47 Å². The summed E-state index contributed by atoms with van der Waals surface area (Å²) in [5.41, 5.74) is 7.96. The normalized spacial score (nSPS) is 18.5. The molecule has 10 rings (SSSR count). The lowest BCUT2D eigenvalue weighted by Gasteiger charge is -2.36. The number of fused-ring (bicyclic) bond motifs is 2. The van der Waals surface area contributed by atoms with E-state index in [1.807, 2.05) is 38.1 Å². The molecule has 4 aliphatic heterocycles. The van der Waals surface area contributed by atoms with Crippen LogP contribution in [0.1, 0.15) is 89.6 Å². The molecule has 0 bridgehead atoms. The Hall–Kier alpha value is -6.50. The molecule has 4 aliphatic rings. The van der Waals surface area contributed by atoms with Crippen LogP contribution >= 0.6 is 0 Å². The Balaban J connectivity index is 0.000000170. The fraction of sp³-hybridized carbons (Fsp3) is 0.435. The van der Waals surface area contributed by atoms with Gasteiger partial charge in [0.2, 0.25) is 0 Å². The highest BCUT2D eigenvalue weighted by Gasteiger charge is 2.30. The minimum absolute atomic E-state index is 0.275. The summed E-state index contributed by atoms with van der Waals surface area (Å²) in [5, 5.41) is 65.0. The average Bonchev–Trinajstić information content (AvgIpc) is 4.21. The van der Waals surface area contributed by atoms with Crippen molar-refractivity contribution in [2.75, 3.05) is 78.5 Å². The summed E-state index contributed by atoms with van der Waals surface area (Å²) in [7, 11) is 0. The van der Waals surface area contributed by atoms with Crippen molar-refractivity contribution in [1.82, 2.24) is 70.0 Å². The van der Waals surface area contributed by atoms with Gasteiger partial charge in [-0.1, -0.05) is 24.3 Å². The minimum atomic E-state index is -0.647. The van der Waals surface area contributed by atoms with E-state index in [-0.39, 0.29) is 25.2 Å². The summed E-state index contributed by atoms with van der Waals surface area (Å²) in [4.78, 5) is 41.0. The lowest BCUT2D eigenvalue weighted by Crippen LogP contribution is -2.48. The van der Waals surface area contributed by atoms with Crippen molar-refractivity contribution >= 4 is 11.9 Å². The first kappa shape index (κ1) is 46.6. The molecule has 22 heteroatoms. The molecular weight excluding hydrogens is 877 g/mol. The van der Waals surface area contributed by atoms with Crippen molar-refractivity contribution < 1.29 is 39.5 Å². The summed E-state index contributed by atoms with van der Waals surface area (Å²) in [6.45, 7) is 12.9. The number of tetrazole rings is 2. The van der Waals surface area contributed by atoms with Crippen LogP contribution < -0.4 is 0 Å². The van der Waals surface area contributed by atoms with Gasteiger partial charge in [0.25, 0.3) is 0 Å². The average molecular weight is 931 g/mol. The van der Waals surface area contributed by atoms with Crippen LogP contribution in [0.4, 0.5) is 0 Å². The van der Waals surface area contributed by atoms with Crippen molar-refractivity contribution in [3.63, 3.8) is 0 Å². The highest BCUT2D eigenvalue weighted by molar-refractivity contribution is 5.94. The summed E-state index contributed by atoms with van der Waals surface area (Å²) in [5.74, 6) is 0.588. The Morgan fingerprint density at radius 2 is 0.882 bits per heavy atom. The van der Waals surface area contributed by atoms with Crippen molar-refractivity contribution in [1.29, 1.82) is 0 Å². The first-order chi connectivity index (χ1) is 33.0. The van der Waals surface area contributed by atoms with Crippen LogP contribution in [0.2, 0.25) is 0 Å². The van der Waals surface area contributed by atoms with Crippen LogP contribution in [0.5, 0.6) is 0 Å². The molecule has 0 radical (unpaired) electrons. The van der Waals surface area contributed by atoms with Gasteiger partial charge < -0.3 is 29.9 Å². The Morgan fingerprint density at radius 3 is 1.21 bits per heavy atom. The summed E-state index contributed by atoms with van der Waals surface area (Å²) < 4.78 is 13.2. The van der Waals surface area contributed by atoms with E-state index in [0.29, 0.717) is 48.9 Å². The number of piperazine rings is 2. The molecule has 4 atom stereocenters. The predicted octanol–water partition coefficient (Wildman–Crippen LogP) is 0.841. The Kier molecular flexibility index (Phi) is 14.2. The molecule has 2 aromatic carbocycles. The summed E-state index contributed by atoms with van der Waals surface area (Å²) in [6.07, 6.45) is 3.66. The largest absolute Gasteiger partial charge is 0.457 e. The molecule has 0 saturated carbocycles. The number of aliphatic hydroxyl groups excluding tert-OH is 4. The highest BCUT2D eigenvalue weighted by atomic mass is 16.5. The molecule has 8 heterocycles. The van der Waals surface area contributed by atoms with Gasteiger partial charge in [-0.3, -0.25) is 19.6 Å². The van der Waals surface area contributed by atoms with E-state index in [1.54, 1.807) is 36.7 Å². The number of hydrogen-bond acceptors (Lipinski definition) is 20. The number of benzene rings is 2. The first-order valence-corrected chi connectivity index (χ1v) is 22.6. The van der Waals surface area contributed by atoms with Gasteiger partial charge in [0, 0.05) is 113 Å². The van der Waals surface area contributed by atoms with Gasteiger partial charge in [0.05, 0.1) is 35.5 Å². The predicted molar refractivity (Wildman–Crippen MR) is 240 cm³/mol. The SMILES string of the molecule is Cc1c([C@@H](O)CN2CCN(C[C@@H](O)c3ccc(-n4cnnn4)nc3)CC2)ccc2c1COC2=O.Cc1c([C@@H](O)CN2CCN(C[C@H](O)c3ccc(-n4cnnn4)nc3)CC2)ccc2c1COC2=O. The van der Waals surface area contributed by atoms with E-state index in [1.165, 1.54) is 22.0 Å². The van der Waals surface area contributed by atoms with E-state index >= 15 is 0 Å². The maximum absolute atomic E-state index is 11.8. The van der Waals surface area contributed by atoms with Gasteiger partial charge in [-0.2, -0.15) is 9.36 Å². The number of aromatic nitrogens is 10. The molecular formula is C46H54N14O8. The van der Waals surface area contributed by atoms with Crippen LogP contribution in [0, 0.1) is 13.8 Å². The maximum Gasteiger partial charge on any atom is 0.338 e. The zero-order chi connectivity index (χ0) is 47.3. The smallest absolute Gasteiger partial charge is 0.338 e. The number of nitrogens with zero attached hydrogens (tertiary/aromatic N) is 14. The fourth-order valence-electron chi connectivity index (χ4n) is 9.14. The molecule has 68 heavy (non-hydrogen) atoms. The number of hydrogen-bond donors (Lipinski definition) is 4. The molecule has 22 nitrogen and oxygen atoms in total. The Morgan fingerprint density at radius 1 is 0.515 bits per heavy atom. The Labute approximate surface area is 391 Å². The molecule has 4 aromatic heterocycles. The lowest BCUT2D eigenvalue weighted by atomic mass is 9.95. The van der Waals surface area contributed by atoms with Gasteiger partial charge in [-0.25, -0.2) is 19.6 Å². The van der Waals surface area contributed by atoms with E-state index in [0.717, 1.165) is 96.9 Å². The molecule has 2 fully saturated rings. The van der Waals surface area contributed by atoms with Gasteiger partial charge in [0.15, 0.2) is 11.6 Å². The van der Waals surface area contributed by atoms with Crippen LogP contribution in [0.3, 0.4) is 0 Å². The summed E-state index contributed by atoms with van der Waals surface area (Å²) >= 11 is 0. The zero-order valence-electron chi connectivity index (χ0n) is 37.8. The Bertz CT molecular complexity index is 2470. The first-order valence-electron chi connectivity index (χ1n) is 22.6. The van der Waals surface area contributed by atoms with Crippen LogP contribution in [-0.2, 0) is 22.7 Å². The number of β-amino-alcohol motifs (C(OH)–C–C–N with tert-alkyl or cyclic N) is 4. The number of carbonyl (C=O) groups is 2. The van der Waals surface area contributed by atoms with Crippen molar-refractivity contribution in [3.05, 3.63) is 129 Å². The third kappa shape index (κ3) is 10.5. The molecule has 6 aromatic rings. The number of esters is 2. The molecule has 0 amide bonds. The molecule has 4 N–H and O–H groups in total. The third-order valence-corrected chi connectivity index (χ3v) is 13.3. The standard InChI is InChI=1S/2C23H27N7O4/c2*1-15-17(3-4-18-19(15)13-34-23(18)33)21(32)12-29-8-6-28(7-9-29)11-20(31)16-2-5-22(24-10-16)30-14-25-26-27-30/h2*2-5,10,14,20-21,31-32H,6-9,11-13H2,1H3/t20-,21+;20-,21-/m10/s1. The monoisotopic (exact) mass is 930 g/mol. The van der Waals surface area contributed by atoms with E-state index in [2.05, 4.69) is 60.6 Å². The van der Waals surface area contributed by atoms with E-state index in [9.17, 15) is 30.0 Å². The molecule has 0 unspecified atom stereocenters. The number of aliphatic hydroxyl groups is 4. The maximum atomic E-state index is 11.8. The van der Waals surface area contributed by atoms with E-state index < -0.39 is 24.4 Å². The fourth-order valence-corrected chi connectivity index (χ4v) is 9.14. The van der Waals surface area contributed by atoms with Crippen molar-refractivity contribution in [3.8, 4) is 11.6 Å². The number of ether oxygens (including phenoxy) is 2. The molecule has 2 saturated heterocycles. The highest BCUT2D eigenvalue weighted by Crippen LogP contribution is 2.31.